The predicted octanol–water partition coefficient (Wildman–Crippen LogP) is 1.70. The minimum Gasteiger partial charge on any atom is -0.392 e. The van der Waals surface area contributed by atoms with Gasteiger partial charge in [0.2, 0.25) is 5.91 Å². The number of β-amino-alcohol motifs (C(OH)–C–C–N with tert-alkyl or cyclic N) is 1. The van der Waals surface area contributed by atoms with Gasteiger partial charge >= 0.3 is 0 Å². The van der Waals surface area contributed by atoms with Gasteiger partial charge < -0.3 is 15.2 Å². The van der Waals surface area contributed by atoms with E-state index in [4.69, 9.17) is 4.74 Å². The highest BCUT2D eigenvalue weighted by atomic mass is 16.5. The molecule has 0 spiro atoms. The summed E-state index contributed by atoms with van der Waals surface area (Å²) in [5.41, 5.74) is 1.24. The summed E-state index contributed by atoms with van der Waals surface area (Å²) in [4.78, 5) is 14.3. The van der Waals surface area contributed by atoms with Gasteiger partial charge in [0.1, 0.15) is 0 Å². The molecule has 0 saturated carbocycles. The molecule has 0 radical (unpaired) electrons. The fourth-order valence-electron chi connectivity index (χ4n) is 3.67. The summed E-state index contributed by atoms with van der Waals surface area (Å²) in [5.74, 6) is 0.0894. The number of hydrogen-bond donors (Lipinski definition) is 2. The molecule has 24 heavy (non-hydrogen) atoms. The molecule has 2 saturated heterocycles. The van der Waals surface area contributed by atoms with E-state index in [9.17, 15) is 9.90 Å². The van der Waals surface area contributed by atoms with E-state index in [2.05, 4.69) is 22.3 Å². The topological polar surface area (TPSA) is 61.8 Å². The van der Waals surface area contributed by atoms with Crippen LogP contribution in [0.15, 0.2) is 30.3 Å². The van der Waals surface area contributed by atoms with E-state index in [1.54, 1.807) is 0 Å². The number of benzene rings is 1. The summed E-state index contributed by atoms with van der Waals surface area (Å²) in [6.07, 6.45) is 4.21. The van der Waals surface area contributed by atoms with Gasteiger partial charge in [0, 0.05) is 38.7 Å². The van der Waals surface area contributed by atoms with E-state index in [0.29, 0.717) is 19.5 Å². The highest BCUT2D eigenvalue weighted by molar-refractivity contribution is 5.75. The summed E-state index contributed by atoms with van der Waals surface area (Å²) >= 11 is 0. The van der Waals surface area contributed by atoms with Gasteiger partial charge in [-0.2, -0.15) is 0 Å². The molecule has 0 bridgehead atoms. The molecule has 2 fully saturated rings. The van der Waals surface area contributed by atoms with E-state index in [1.165, 1.54) is 5.56 Å². The first kappa shape index (κ1) is 17.4. The lowest BCUT2D eigenvalue weighted by Crippen LogP contribution is -2.39. The first-order valence-corrected chi connectivity index (χ1v) is 9.05. The highest BCUT2D eigenvalue weighted by Crippen LogP contribution is 2.20. The van der Waals surface area contributed by atoms with Crippen LogP contribution in [0.25, 0.3) is 0 Å². The summed E-state index contributed by atoms with van der Waals surface area (Å²) in [5, 5.41) is 13.0. The molecule has 2 aliphatic heterocycles. The summed E-state index contributed by atoms with van der Waals surface area (Å²) in [6.45, 7) is 2.93. The van der Waals surface area contributed by atoms with E-state index in [0.717, 1.165) is 38.8 Å². The number of amides is 1. The molecule has 0 aromatic heterocycles. The number of aliphatic hydroxyl groups is 1. The number of nitrogens with zero attached hydrogens (tertiary/aromatic N) is 1. The lowest BCUT2D eigenvalue weighted by molar-refractivity contribution is -0.121. The minimum absolute atomic E-state index is 0.0894. The zero-order valence-electron chi connectivity index (χ0n) is 14.2. The summed E-state index contributed by atoms with van der Waals surface area (Å²) < 4.78 is 5.56. The van der Waals surface area contributed by atoms with Crippen molar-refractivity contribution in [3.05, 3.63) is 35.9 Å². The second kappa shape index (κ2) is 8.60. The maximum Gasteiger partial charge on any atom is 0.220 e. The fraction of sp³-hybridized carbons (Fsp3) is 0.632. The lowest BCUT2D eigenvalue weighted by atomic mass is 10.1. The number of hydrogen-bond acceptors (Lipinski definition) is 4. The number of ether oxygens (including phenoxy) is 1. The van der Waals surface area contributed by atoms with Crippen LogP contribution in [0, 0.1) is 0 Å². The van der Waals surface area contributed by atoms with Gasteiger partial charge in [0.25, 0.3) is 0 Å². The van der Waals surface area contributed by atoms with Crippen LogP contribution < -0.4 is 5.32 Å². The van der Waals surface area contributed by atoms with Crippen molar-refractivity contribution < 1.29 is 14.6 Å². The Balaban J connectivity index is 1.43. The van der Waals surface area contributed by atoms with Crippen LogP contribution in [0.4, 0.5) is 0 Å². The molecule has 2 N–H and O–H groups in total. The Hall–Kier alpha value is -1.43. The molecule has 2 aliphatic rings. The standard InChI is InChI=1S/C19H28N2O3/c22-17-11-16(21(14-17)13-15-5-2-1-3-6-15)12-20-19(23)9-8-18-7-4-10-24-18/h1-3,5-6,16-18,22H,4,7-14H2,(H,20,23). The zero-order chi connectivity index (χ0) is 16.8. The largest absolute Gasteiger partial charge is 0.392 e. The van der Waals surface area contributed by atoms with E-state index < -0.39 is 0 Å². The van der Waals surface area contributed by atoms with Gasteiger partial charge in [-0.3, -0.25) is 9.69 Å². The van der Waals surface area contributed by atoms with E-state index >= 15 is 0 Å². The van der Waals surface area contributed by atoms with Crippen LogP contribution in [0.3, 0.4) is 0 Å². The van der Waals surface area contributed by atoms with Crippen molar-refractivity contribution in [3.63, 3.8) is 0 Å². The van der Waals surface area contributed by atoms with Gasteiger partial charge in [-0.15, -0.1) is 0 Å². The van der Waals surface area contributed by atoms with Crippen molar-refractivity contribution in [2.45, 2.75) is 56.9 Å². The molecule has 3 unspecified atom stereocenters. The molecular weight excluding hydrogens is 304 g/mol. The first-order chi connectivity index (χ1) is 11.7. The normalized spacial score (nSPS) is 27.5. The minimum atomic E-state index is -0.303. The van der Waals surface area contributed by atoms with Crippen molar-refractivity contribution in [1.82, 2.24) is 10.2 Å². The third-order valence-electron chi connectivity index (χ3n) is 4.99. The Morgan fingerprint density at radius 1 is 1.33 bits per heavy atom. The summed E-state index contributed by atoms with van der Waals surface area (Å²) in [6, 6.07) is 10.5. The highest BCUT2D eigenvalue weighted by Gasteiger charge is 2.31. The summed E-state index contributed by atoms with van der Waals surface area (Å²) in [7, 11) is 0. The third-order valence-corrected chi connectivity index (χ3v) is 4.99. The maximum atomic E-state index is 12.1. The molecule has 3 rings (SSSR count). The fourth-order valence-corrected chi connectivity index (χ4v) is 3.67. The molecule has 0 aliphatic carbocycles. The van der Waals surface area contributed by atoms with Crippen molar-refractivity contribution >= 4 is 5.91 Å². The SMILES string of the molecule is O=C(CCC1CCCO1)NCC1CC(O)CN1Cc1ccccc1. The quantitative estimate of drug-likeness (QED) is 0.798. The van der Waals surface area contributed by atoms with Crippen LogP contribution in [0.1, 0.15) is 37.7 Å². The van der Waals surface area contributed by atoms with Crippen LogP contribution in [-0.4, -0.2) is 53.9 Å². The molecule has 1 aromatic carbocycles. The van der Waals surface area contributed by atoms with Crippen molar-refractivity contribution in [1.29, 1.82) is 0 Å². The van der Waals surface area contributed by atoms with Crippen LogP contribution in [0.2, 0.25) is 0 Å². The number of rotatable bonds is 7. The van der Waals surface area contributed by atoms with Crippen molar-refractivity contribution in [2.24, 2.45) is 0 Å². The average molecular weight is 332 g/mol. The molecule has 1 aromatic rings. The van der Waals surface area contributed by atoms with Crippen LogP contribution in [-0.2, 0) is 16.1 Å². The molecule has 132 valence electrons. The van der Waals surface area contributed by atoms with Gasteiger partial charge in [-0.1, -0.05) is 30.3 Å². The van der Waals surface area contributed by atoms with Crippen LogP contribution >= 0.6 is 0 Å². The maximum absolute atomic E-state index is 12.1. The Bertz CT molecular complexity index is 517. The Labute approximate surface area is 144 Å². The molecule has 5 nitrogen and oxygen atoms in total. The van der Waals surface area contributed by atoms with Crippen LogP contribution in [0.5, 0.6) is 0 Å². The predicted molar refractivity (Wildman–Crippen MR) is 92.5 cm³/mol. The Morgan fingerprint density at radius 2 is 2.17 bits per heavy atom. The number of carbonyl (C=O) groups excluding carboxylic acids is 1. The van der Waals surface area contributed by atoms with Gasteiger partial charge in [-0.25, -0.2) is 0 Å². The number of likely N-dealkylation sites (tertiary alicyclic amines) is 1. The van der Waals surface area contributed by atoms with E-state index in [1.807, 2.05) is 18.2 Å². The molecule has 2 heterocycles. The zero-order valence-corrected chi connectivity index (χ0v) is 14.2. The smallest absolute Gasteiger partial charge is 0.220 e. The average Bonchev–Trinajstić information content (AvgIpc) is 3.22. The number of nitrogens with one attached hydrogen (secondary N) is 1. The lowest BCUT2D eigenvalue weighted by Gasteiger charge is -2.24. The number of aliphatic hydroxyl groups excluding tert-OH is 1. The van der Waals surface area contributed by atoms with Gasteiger partial charge in [-0.05, 0) is 31.2 Å². The van der Waals surface area contributed by atoms with Crippen molar-refractivity contribution in [3.8, 4) is 0 Å². The van der Waals surface area contributed by atoms with Gasteiger partial charge in [0.05, 0.1) is 12.2 Å². The molecule has 3 atom stereocenters. The first-order valence-electron chi connectivity index (χ1n) is 9.05. The molecule has 1 amide bonds. The Morgan fingerprint density at radius 3 is 2.92 bits per heavy atom. The van der Waals surface area contributed by atoms with Crippen molar-refractivity contribution in [2.75, 3.05) is 19.7 Å². The van der Waals surface area contributed by atoms with E-state index in [-0.39, 0.29) is 24.2 Å². The second-order valence-corrected chi connectivity index (χ2v) is 6.94. The second-order valence-electron chi connectivity index (χ2n) is 6.94. The molecule has 5 heteroatoms. The van der Waals surface area contributed by atoms with Gasteiger partial charge in [0.15, 0.2) is 0 Å². The third kappa shape index (κ3) is 5.03. The molecular formula is C19H28N2O3. The monoisotopic (exact) mass is 332 g/mol. The Kier molecular flexibility index (Phi) is 6.24. The number of carbonyl (C=O) groups is 1.